The van der Waals surface area contributed by atoms with Gasteiger partial charge in [0.15, 0.2) is 0 Å². The molecule has 0 aromatic rings. The quantitative estimate of drug-likeness (QED) is 0.217. The lowest BCUT2D eigenvalue weighted by Crippen LogP contribution is -2.51. The van der Waals surface area contributed by atoms with Crippen LogP contribution in [0, 0.1) is 5.41 Å². The molecule has 5 nitrogen and oxygen atoms in total. The highest BCUT2D eigenvalue weighted by Gasteiger charge is 2.49. The Labute approximate surface area is 154 Å². The second-order valence-electron chi connectivity index (χ2n) is 7.38. The first kappa shape index (κ1) is 22.8. The standard InChI is InChI=1S/C20H40O5/c1-6-7-8-9-10-11-13-19(2,20(21-3,22-4)23-5)14-12-15-24-16-18-17-25-18/h18H,6-17H2,1-5H3. The molecule has 2 unspecified atom stereocenters. The molecule has 0 bridgehead atoms. The van der Waals surface area contributed by atoms with Crippen LogP contribution in [-0.4, -0.2) is 53.2 Å². The van der Waals surface area contributed by atoms with Crippen molar-refractivity contribution >= 4 is 0 Å². The molecule has 1 heterocycles. The molecule has 5 heteroatoms. The van der Waals surface area contributed by atoms with Crippen molar-refractivity contribution in [1.29, 1.82) is 0 Å². The zero-order chi connectivity index (χ0) is 18.6. The van der Waals surface area contributed by atoms with Crippen LogP contribution in [0.3, 0.4) is 0 Å². The van der Waals surface area contributed by atoms with Crippen LogP contribution in [-0.2, 0) is 23.7 Å². The molecule has 1 aliphatic heterocycles. The third-order valence-electron chi connectivity index (χ3n) is 5.35. The Bertz CT molecular complexity index is 320. The lowest BCUT2D eigenvalue weighted by Gasteiger charge is -2.45. The van der Waals surface area contributed by atoms with Crippen molar-refractivity contribution in [2.75, 3.05) is 41.2 Å². The molecule has 0 spiro atoms. The van der Waals surface area contributed by atoms with Gasteiger partial charge in [-0.2, -0.15) is 0 Å². The van der Waals surface area contributed by atoms with E-state index in [-0.39, 0.29) is 5.41 Å². The monoisotopic (exact) mass is 360 g/mol. The van der Waals surface area contributed by atoms with E-state index >= 15 is 0 Å². The van der Waals surface area contributed by atoms with E-state index in [2.05, 4.69) is 13.8 Å². The molecule has 0 saturated carbocycles. The summed E-state index contributed by atoms with van der Waals surface area (Å²) in [5, 5.41) is 0. The fraction of sp³-hybridized carbons (Fsp3) is 1.00. The Balaban J connectivity index is 2.48. The molecule has 1 saturated heterocycles. The van der Waals surface area contributed by atoms with Crippen molar-refractivity contribution in [3.63, 3.8) is 0 Å². The van der Waals surface area contributed by atoms with Gasteiger partial charge in [-0.25, -0.2) is 0 Å². The number of methoxy groups -OCH3 is 3. The molecule has 150 valence electrons. The predicted octanol–water partition coefficient (Wildman–Crippen LogP) is 4.53. The highest BCUT2D eigenvalue weighted by atomic mass is 16.9. The van der Waals surface area contributed by atoms with Crippen LogP contribution in [0.4, 0.5) is 0 Å². The van der Waals surface area contributed by atoms with Gasteiger partial charge in [0.2, 0.25) is 0 Å². The van der Waals surface area contributed by atoms with E-state index in [0.717, 1.165) is 38.9 Å². The van der Waals surface area contributed by atoms with Crippen LogP contribution in [0.1, 0.15) is 71.6 Å². The van der Waals surface area contributed by atoms with Gasteiger partial charge in [-0.1, -0.05) is 52.4 Å². The van der Waals surface area contributed by atoms with E-state index in [4.69, 9.17) is 23.7 Å². The van der Waals surface area contributed by atoms with Gasteiger partial charge in [0.05, 0.1) is 13.2 Å². The summed E-state index contributed by atoms with van der Waals surface area (Å²) in [7, 11) is 4.98. The number of hydrogen-bond donors (Lipinski definition) is 0. The molecule has 0 N–H and O–H groups in total. The molecule has 0 radical (unpaired) electrons. The molecule has 2 atom stereocenters. The summed E-state index contributed by atoms with van der Waals surface area (Å²) in [6.45, 7) is 6.74. The normalized spacial score (nSPS) is 19.8. The topological polar surface area (TPSA) is 49.5 Å². The summed E-state index contributed by atoms with van der Waals surface area (Å²) in [4.78, 5) is 0. The number of unbranched alkanes of at least 4 members (excludes halogenated alkanes) is 5. The smallest absolute Gasteiger partial charge is 0.287 e. The van der Waals surface area contributed by atoms with Crippen LogP contribution in [0.15, 0.2) is 0 Å². The molecule has 0 aromatic carbocycles. The van der Waals surface area contributed by atoms with Gasteiger partial charge in [-0.05, 0) is 19.3 Å². The Morgan fingerprint density at radius 2 is 1.44 bits per heavy atom. The lowest BCUT2D eigenvalue weighted by atomic mass is 9.77. The van der Waals surface area contributed by atoms with Crippen LogP contribution in [0.25, 0.3) is 0 Å². The Kier molecular flexibility index (Phi) is 11.2. The number of rotatable bonds is 17. The number of ether oxygens (including phenoxy) is 5. The Hall–Kier alpha value is -0.200. The average Bonchev–Trinajstić information content (AvgIpc) is 3.44. The van der Waals surface area contributed by atoms with Crippen LogP contribution in [0.5, 0.6) is 0 Å². The second-order valence-corrected chi connectivity index (χ2v) is 7.38. The lowest BCUT2D eigenvalue weighted by molar-refractivity contribution is -0.406. The van der Waals surface area contributed by atoms with Crippen LogP contribution in [0.2, 0.25) is 0 Å². The van der Waals surface area contributed by atoms with Gasteiger partial charge in [-0.15, -0.1) is 0 Å². The van der Waals surface area contributed by atoms with Crippen molar-refractivity contribution in [2.24, 2.45) is 5.41 Å². The summed E-state index contributed by atoms with van der Waals surface area (Å²) in [6.07, 6.45) is 10.9. The van der Waals surface area contributed by atoms with E-state index in [1.807, 2.05) is 0 Å². The molecule has 0 aromatic heterocycles. The average molecular weight is 361 g/mol. The minimum absolute atomic E-state index is 0.213. The number of hydrogen-bond acceptors (Lipinski definition) is 5. The first-order valence-electron chi connectivity index (χ1n) is 9.92. The maximum absolute atomic E-state index is 5.70. The summed E-state index contributed by atoms with van der Waals surface area (Å²) >= 11 is 0. The first-order chi connectivity index (χ1) is 12.1. The van der Waals surface area contributed by atoms with Gasteiger partial charge >= 0.3 is 0 Å². The molecule has 25 heavy (non-hydrogen) atoms. The second kappa shape index (κ2) is 12.2. The van der Waals surface area contributed by atoms with Gasteiger partial charge in [0.1, 0.15) is 6.10 Å². The van der Waals surface area contributed by atoms with Gasteiger partial charge in [0, 0.05) is 33.4 Å². The number of epoxide rings is 1. The van der Waals surface area contributed by atoms with Crippen molar-refractivity contribution in [2.45, 2.75) is 83.7 Å². The summed E-state index contributed by atoms with van der Waals surface area (Å²) in [5.41, 5.74) is -0.213. The zero-order valence-electron chi connectivity index (χ0n) is 17.1. The molecular weight excluding hydrogens is 320 g/mol. The van der Waals surface area contributed by atoms with Gasteiger partial charge in [-0.3, -0.25) is 0 Å². The Morgan fingerprint density at radius 1 is 0.880 bits per heavy atom. The largest absolute Gasteiger partial charge is 0.379 e. The first-order valence-corrected chi connectivity index (χ1v) is 9.92. The fourth-order valence-corrected chi connectivity index (χ4v) is 3.66. The zero-order valence-corrected chi connectivity index (χ0v) is 17.1. The van der Waals surface area contributed by atoms with Gasteiger partial charge in [0.25, 0.3) is 5.97 Å². The molecule has 1 fully saturated rings. The minimum Gasteiger partial charge on any atom is -0.379 e. The van der Waals surface area contributed by atoms with Crippen LogP contribution < -0.4 is 0 Å². The van der Waals surface area contributed by atoms with Crippen molar-refractivity contribution in [1.82, 2.24) is 0 Å². The summed E-state index contributed by atoms with van der Waals surface area (Å²) in [6, 6.07) is 0. The fourth-order valence-electron chi connectivity index (χ4n) is 3.66. The molecule has 0 amide bonds. The summed E-state index contributed by atoms with van der Waals surface area (Å²) < 4.78 is 28.0. The predicted molar refractivity (Wildman–Crippen MR) is 99.7 cm³/mol. The molecular formula is C20H40O5. The third kappa shape index (κ3) is 7.51. The SMILES string of the molecule is CCCCCCCCC(C)(CCCOCC1CO1)C(OC)(OC)OC. The van der Waals surface area contributed by atoms with E-state index < -0.39 is 5.97 Å². The van der Waals surface area contributed by atoms with E-state index in [1.54, 1.807) is 21.3 Å². The maximum atomic E-state index is 5.70. The summed E-state index contributed by atoms with van der Waals surface area (Å²) in [5.74, 6) is -1.00. The van der Waals surface area contributed by atoms with Crippen molar-refractivity contribution < 1.29 is 23.7 Å². The van der Waals surface area contributed by atoms with E-state index in [0.29, 0.717) is 12.7 Å². The van der Waals surface area contributed by atoms with Gasteiger partial charge < -0.3 is 23.7 Å². The van der Waals surface area contributed by atoms with Crippen LogP contribution >= 0.6 is 0 Å². The molecule has 1 aliphatic rings. The third-order valence-corrected chi connectivity index (χ3v) is 5.35. The van der Waals surface area contributed by atoms with Crippen molar-refractivity contribution in [3.05, 3.63) is 0 Å². The molecule has 0 aliphatic carbocycles. The Morgan fingerprint density at radius 3 is 2.00 bits per heavy atom. The highest BCUT2D eigenvalue weighted by Crippen LogP contribution is 2.44. The van der Waals surface area contributed by atoms with Crippen molar-refractivity contribution in [3.8, 4) is 0 Å². The molecule has 1 rings (SSSR count). The van der Waals surface area contributed by atoms with E-state index in [9.17, 15) is 0 Å². The van der Waals surface area contributed by atoms with E-state index in [1.165, 1.54) is 32.1 Å². The minimum atomic E-state index is -1.00. The highest BCUT2D eigenvalue weighted by molar-refractivity contribution is 4.85. The maximum Gasteiger partial charge on any atom is 0.287 e.